The van der Waals surface area contributed by atoms with Crippen molar-refractivity contribution in [3.8, 4) is 6.07 Å². The first-order valence-electron chi connectivity index (χ1n) is 5.57. The molecule has 0 heterocycles. The number of hydrogen-bond acceptors (Lipinski definition) is 3. The molecule has 14 heavy (non-hydrogen) atoms. The van der Waals surface area contributed by atoms with Gasteiger partial charge in [-0.2, -0.15) is 5.26 Å². The van der Waals surface area contributed by atoms with E-state index in [1.54, 1.807) is 0 Å². The number of rotatable bonds is 4. The fourth-order valence-electron chi connectivity index (χ4n) is 2.05. The van der Waals surface area contributed by atoms with Crippen LogP contribution < -0.4 is 5.73 Å². The van der Waals surface area contributed by atoms with Gasteiger partial charge in [-0.15, -0.1) is 0 Å². The van der Waals surface area contributed by atoms with Crippen LogP contribution in [0.1, 0.15) is 39.0 Å². The van der Waals surface area contributed by atoms with E-state index in [9.17, 15) is 0 Å². The average molecular weight is 196 g/mol. The van der Waals surface area contributed by atoms with Gasteiger partial charge in [0.05, 0.1) is 12.2 Å². The van der Waals surface area contributed by atoms with Crippen molar-refractivity contribution in [2.75, 3.05) is 6.54 Å². The molecule has 80 valence electrons. The van der Waals surface area contributed by atoms with Gasteiger partial charge < -0.3 is 10.5 Å². The molecule has 0 aromatic carbocycles. The second kappa shape index (κ2) is 6.00. The van der Waals surface area contributed by atoms with E-state index in [4.69, 9.17) is 15.7 Å². The number of ether oxygens (including phenoxy) is 1. The van der Waals surface area contributed by atoms with E-state index in [2.05, 4.69) is 6.07 Å². The van der Waals surface area contributed by atoms with E-state index in [0.717, 1.165) is 19.3 Å². The van der Waals surface area contributed by atoms with Crippen molar-refractivity contribution in [2.24, 2.45) is 11.7 Å². The highest BCUT2D eigenvalue weighted by Gasteiger charge is 2.26. The van der Waals surface area contributed by atoms with Gasteiger partial charge in [-0.05, 0) is 31.7 Å². The van der Waals surface area contributed by atoms with E-state index >= 15 is 0 Å². The maximum absolute atomic E-state index is 8.81. The van der Waals surface area contributed by atoms with E-state index < -0.39 is 0 Å². The number of nitrogens with zero attached hydrogens (tertiary/aromatic N) is 1. The van der Waals surface area contributed by atoms with Crippen LogP contribution in [0.25, 0.3) is 0 Å². The number of hydrogen-bond donors (Lipinski definition) is 1. The summed E-state index contributed by atoms with van der Waals surface area (Å²) >= 11 is 0. The van der Waals surface area contributed by atoms with Crippen LogP contribution in [-0.4, -0.2) is 18.8 Å². The van der Waals surface area contributed by atoms with Gasteiger partial charge in [-0.25, -0.2) is 0 Å². The summed E-state index contributed by atoms with van der Waals surface area (Å²) < 4.78 is 5.75. The molecule has 0 bridgehead atoms. The first-order valence-corrected chi connectivity index (χ1v) is 5.57. The molecule has 0 saturated heterocycles. The standard InChI is InChI=1S/C11H20N2O/c1-2-10(8-13)14-11-6-4-3-5-9(11)7-12/h9-11H,2-7,12H2,1H3. The van der Waals surface area contributed by atoms with E-state index in [1.165, 1.54) is 12.8 Å². The van der Waals surface area contributed by atoms with Gasteiger partial charge in [0.2, 0.25) is 0 Å². The third kappa shape index (κ3) is 2.97. The molecule has 0 aromatic rings. The molecule has 1 fully saturated rings. The lowest BCUT2D eigenvalue weighted by atomic mass is 9.86. The zero-order valence-electron chi connectivity index (χ0n) is 8.91. The summed E-state index contributed by atoms with van der Waals surface area (Å²) in [6, 6.07) is 2.18. The van der Waals surface area contributed by atoms with Gasteiger partial charge in [0.1, 0.15) is 6.10 Å². The lowest BCUT2D eigenvalue weighted by Gasteiger charge is -2.31. The van der Waals surface area contributed by atoms with Crippen LogP contribution in [0, 0.1) is 17.2 Å². The lowest BCUT2D eigenvalue weighted by molar-refractivity contribution is -0.0362. The summed E-state index contributed by atoms with van der Waals surface area (Å²) in [5.41, 5.74) is 5.69. The van der Waals surface area contributed by atoms with Gasteiger partial charge in [-0.1, -0.05) is 19.8 Å². The highest BCUT2D eigenvalue weighted by Crippen LogP contribution is 2.27. The molecule has 0 amide bonds. The fraction of sp³-hybridized carbons (Fsp3) is 0.909. The Labute approximate surface area is 86.2 Å². The van der Waals surface area contributed by atoms with Gasteiger partial charge in [0.15, 0.2) is 0 Å². The van der Waals surface area contributed by atoms with Crippen molar-refractivity contribution in [1.82, 2.24) is 0 Å². The molecule has 2 N–H and O–H groups in total. The Bertz CT molecular complexity index is 200. The summed E-state index contributed by atoms with van der Waals surface area (Å²) in [5.74, 6) is 0.464. The van der Waals surface area contributed by atoms with Crippen LogP contribution in [0.3, 0.4) is 0 Å². The molecule has 0 aliphatic heterocycles. The fourth-order valence-corrected chi connectivity index (χ4v) is 2.05. The van der Waals surface area contributed by atoms with Crippen molar-refractivity contribution in [3.05, 3.63) is 0 Å². The van der Waals surface area contributed by atoms with E-state index in [0.29, 0.717) is 12.5 Å². The van der Waals surface area contributed by atoms with Gasteiger partial charge in [0.25, 0.3) is 0 Å². The molecule has 3 nitrogen and oxygen atoms in total. The molecule has 0 aromatic heterocycles. The second-order valence-corrected chi connectivity index (χ2v) is 3.98. The smallest absolute Gasteiger partial charge is 0.144 e. The molecular weight excluding hydrogens is 176 g/mol. The van der Waals surface area contributed by atoms with Crippen molar-refractivity contribution in [3.63, 3.8) is 0 Å². The molecule has 0 spiro atoms. The van der Waals surface area contributed by atoms with Crippen molar-refractivity contribution in [2.45, 2.75) is 51.2 Å². The monoisotopic (exact) mass is 196 g/mol. The third-order valence-corrected chi connectivity index (χ3v) is 3.00. The van der Waals surface area contributed by atoms with Crippen molar-refractivity contribution >= 4 is 0 Å². The van der Waals surface area contributed by atoms with Crippen LogP contribution in [0.4, 0.5) is 0 Å². The minimum atomic E-state index is -0.243. The molecule has 1 aliphatic carbocycles. The normalized spacial score (nSPS) is 29.5. The molecule has 1 saturated carbocycles. The summed E-state index contributed by atoms with van der Waals surface area (Å²) in [7, 11) is 0. The SMILES string of the molecule is CCC(C#N)OC1CCCCC1CN. The summed E-state index contributed by atoms with van der Waals surface area (Å²) in [6.45, 7) is 2.67. The van der Waals surface area contributed by atoms with Crippen molar-refractivity contribution in [1.29, 1.82) is 5.26 Å². The van der Waals surface area contributed by atoms with Crippen LogP contribution in [0.2, 0.25) is 0 Å². The molecule has 1 rings (SSSR count). The van der Waals surface area contributed by atoms with Crippen LogP contribution in [0.5, 0.6) is 0 Å². The van der Waals surface area contributed by atoms with Crippen molar-refractivity contribution < 1.29 is 4.74 Å². The molecule has 0 radical (unpaired) electrons. The average Bonchev–Trinajstić information content (AvgIpc) is 2.26. The Balaban J connectivity index is 2.44. The largest absolute Gasteiger partial charge is 0.360 e. The Kier molecular flexibility index (Phi) is 4.92. The zero-order chi connectivity index (χ0) is 10.4. The number of nitriles is 1. The highest BCUT2D eigenvalue weighted by molar-refractivity contribution is 4.86. The summed E-state index contributed by atoms with van der Waals surface area (Å²) in [6.07, 6.45) is 5.44. The predicted octanol–water partition coefficient (Wildman–Crippen LogP) is 1.82. The van der Waals surface area contributed by atoms with Gasteiger partial charge in [0, 0.05) is 0 Å². The Morgan fingerprint density at radius 2 is 2.21 bits per heavy atom. The van der Waals surface area contributed by atoms with Gasteiger partial charge in [-0.3, -0.25) is 0 Å². The maximum Gasteiger partial charge on any atom is 0.144 e. The topological polar surface area (TPSA) is 59.0 Å². The van der Waals surface area contributed by atoms with Crippen LogP contribution >= 0.6 is 0 Å². The number of nitrogens with two attached hydrogens (primary N) is 1. The highest BCUT2D eigenvalue weighted by atomic mass is 16.5. The minimum absolute atomic E-state index is 0.221. The third-order valence-electron chi connectivity index (χ3n) is 3.00. The van der Waals surface area contributed by atoms with Crippen LogP contribution in [0.15, 0.2) is 0 Å². The van der Waals surface area contributed by atoms with E-state index in [1.807, 2.05) is 6.92 Å². The molecule has 1 aliphatic rings. The maximum atomic E-state index is 8.81. The Hall–Kier alpha value is -0.590. The zero-order valence-corrected chi connectivity index (χ0v) is 8.91. The summed E-state index contributed by atoms with van der Waals surface area (Å²) in [5, 5.41) is 8.81. The molecule has 3 atom stereocenters. The Morgan fingerprint density at radius 1 is 1.50 bits per heavy atom. The molecule has 3 unspecified atom stereocenters. The second-order valence-electron chi connectivity index (χ2n) is 3.98. The summed E-state index contributed by atoms with van der Waals surface area (Å²) in [4.78, 5) is 0. The van der Waals surface area contributed by atoms with Crippen LogP contribution in [-0.2, 0) is 4.74 Å². The molecule has 3 heteroatoms. The first kappa shape index (κ1) is 11.5. The lowest BCUT2D eigenvalue weighted by Crippen LogP contribution is -2.35. The predicted molar refractivity (Wildman–Crippen MR) is 55.6 cm³/mol. The van der Waals surface area contributed by atoms with Gasteiger partial charge >= 0.3 is 0 Å². The minimum Gasteiger partial charge on any atom is -0.360 e. The quantitative estimate of drug-likeness (QED) is 0.746. The molecular formula is C11H20N2O. The first-order chi connectivity index (χ1) is 6.81. The Morgan fingerprint density at radius 3 is 2.79 bits per heavy atom. The van der Waals surface area contributed by atoms with E-state index in [-0.39, 0.29) is 12.2 Å².